The number of anilines is 1. The van der Waals surface area contributed by atoms with Crippen LogP contribution in [0.4, 0.5) is 5.69 Å². The lowest BCUT2D eigenvalue weighted by molar-refractivity contribution is 1.00. The van der Waals surface area contributed by atoms with E-state index in [1.165, 1.54) is 5.56 Å². The van der Waals surface area contributed by atoms with Crippen molar-refractivity contribution in [1.82, 2.24) is 0 Å². The van der Waals surface area contributed by atoms with Crippen LogP contribution in [0.25, 0.3) is 0 Å². The molecule has 2 heteroatoms. The third kappa shape index (κ3) is 2.98. The number of rotatable bonds is 4. The summed E-state index contributed by atoms with van der Waals surface area (Å²) in [6.07, 6.45) is 0.918. The fraction of sp³-hybridized carbons (Fsp3) is 0.188. The highest BCUT2D eigenvalue weighted by Gasteiger charge is 2.03. The molecular weight excluding hydrogens is 220 g/mol. The van der Waals surface area contributed by atoms with Gasteiger partial charge in [-0.1, -0.05) is 55.5 Å². The summed E-state index contributed by atoms with van der Waals surface area (Å²) in [6.45, 7) is 2.13. The van der Waals surface area contributed by atoms with Crippen molar-refractivity contribution in [2.45, 2.75) is 13.3 Å². The Morgan fingerprint density at radius 1 is 0.944 bits per heavy atom. The first kappa shape index (κ1) is 12.4. The van der Waals surface area contributed by atoms with E-state index in [4.69, 9.17) is 0 Å². The Bertz CT molecular complexity index is 503. The number of hydrazone groups is 1. The molecule has 2 nitrogen and oxygen atoms in total. The predicted octanol–water partition coefficient (Wildman–Crippen LogP) is 3.94. The van der Waals surface area contributed by atoms with E-state index in [0.717, 1.165) is 17.8 Å². The van der Waals surface area contributed by atoms with Crippen LogP contribution in [0, 0.1) is 0 Å². The lowest BCUT2D eigenvalue weighted by Crippen LogP contribution is -2.13. The lowest BCUT2D eigenvalue weighted by Gasteiger charge is -2.15. The number of hydrogen-bond donors (Lipinski definition) is 0. The standard InChI is InChI=1S/C16H18N2/c1-3-16(14-10-6-4-7-11-14)17-18(2)15-12-8-5-9-13-15/h4-13H,3H2,1-2H3/b17-16+. The topological polar surface area (TPSA) is 15.6 Å². The van der Waals surface area contributed by atoms with Crippen LogP contribution >= 0.6 is 0 Å². The van der Waals surface area contributed by atoms with Crippen LogP contribution in [0.3, 0.4) is 0 Å². The highest BCUT2D eigenvalue weighted by Crippen LogP contribution is 2.13. The summed E-state index contributed by atoms with van der Waals surface area (Å²) in [4.78, 5) is 0. The van der Waals surface area contributed by atoms with Gasteiger partial charge in [0.1, 0.15) is 0 Å². The van der Waals surface area contributed by atoms with Gasteiger partial charge in [-0.05, 0) is 24.1 Å². The Hall–Kier alpha value is -2.09. The maximum Gasteiger partial charge on any atom is 0.0678 e. The van der Waals surface area contributed by atoms with Crippen molar-refractivity contribution in [3.63, 3.8) is 0 Å². The molecule has 92 valence electrons. The van der Waals surface area contributed by atoms with Gasteiger partial charge < -0.3 is 0 Å². The summed E-state index contributed by atoms with van der Waals surface area (Å²) in [5.41, 5.74) is 3.38. The van der Waals surface area contributed by atoms with Crippen molar-refractivity contribution < 1.29 is 0 Å². The van der Waals surface area contributed by atoms with Gasteiger partial charge in [0.25, 0.3) is 0 Å². The molecule has 0 bridgehead atoms. The number of benzene rings is 2. The van der Waals surface area contributed by atoms with Gasteiger partial charge in [-0.3, -0.25) is 5.01 Å². The van der Waals surface area contributed by atoms with Crippen molar-refractivity contribution in [2.24, 2.45) is 5.10 Å². The molecule has 0 aromatic heterocycles. The molecule has 2 aromatic rings. The molecule has 0 aliphatic rings. The van der Waals surface area contributed by atoms with E-state index >= 15 is 0 Å². The smallest absolute Gasteiger partial charge is 0.0678 e. The Morgan fingerprint density at radius 2 is 1.50 bits per heavy atom. The van der Waals surface area contributed by atoms with Gasteiger partial charge in [0, 0.05) is 7.05 Å². The average Bonchev–Trinajstić information content (AvgIpc) is 2.46. The Balaban J connectivity index is 2.25. The molecule has 2 aromatic carbocycles. The van der Waals surface area contributed by atoms with Gasteiger partial charge in [0.15, 0.2) is 0 Å². The zero-order valence-corrected chi connectivity index (χ0v) is 10.9. The number of nitrogens with zero attached hydrogens (tertiary/aromatic N) is 2. The molecule has 0 heterocycles. The van der Waals surface area contributed by atoms with Gasteiger partial charge >= 0.3 is 0 Å². The fourth-order valence-corrected chi connectivity index (χ4v) is 1.85. The Kier molecular flexibility index (Phi) is 4.13. The first-order valence-corrected chi connectivity index (χ1v) is 6.23. The summed E-state index contributed by atoms with van der Waals surface area (Å²) in [5.74, 6) is 0. The molecule has 0 aliphatic carbocycles. The first-order valence-electron chi connectivity index (χ1n) is 6.23. The van der Waals surface area contributed by atoms with Crippen LogP contribution < -0.4 is 5.01 Å². The van der Waals surface area contributed by atoms with E-state index in [2.05, 4.69) is 36.3 Å². The second-order valence-electron chi connectivity index (χ2n) is 4.13. The number of hydrogen-bond acceptors (Lipinski definition) is 2. The zero-order valence-electron chi connectivity index (χ0n) is 10.9. The van der Waals surface area contributed by atoms with Crippen molar-refractivity contribution in [2.75, 3.05) is 12.1 Å². The minimum atomic E-state index is 0.918. The van der Waals surface area contributed by atoms with Gasteiger partial charge in [0.2, 0.25) is 0 Å². The van der Waals surface area contributed by atoms with Crippen LogP contribution in [0.2, 0.25) is 0 Å². The Labute approximate surface area is 109 Å². The first-order chi connectivity index (χ1) is 8.81. The number of para-hydroxylation sites is 1. The molecule has 0 saturated heterocycles. The van der Waals surface area contributed by atoms with Crippen molar-refractivity contribution in [3.8, 4) is 0 Å². The molecule has 2 rings (SSSR count). The van der Waals surface area contributed by atoms with Gasteiger partial charge in [-0.2, -0.15) is 5.10 Å². The summed E-state index contributed by atoms with van der Waals surface area (Å²) < 4.78 is 0. The maximum absolute atomic E-state index is 4.69. The molecule has 0 unspecified atom stereocenters. The van der Waals surface area contributed by atoms with Gasteiger partial charge in [-0.25, -0.2) is 0 Å². The zero-order chi connectivity index (χ0) is 12.8. The SMILES string of the molecule is CC/C(=N\N(C)c1ccccc1)c1ccccc1. The van der Waals surface area contributed by atoms with Crippen molar-refractivity contribution in [3.05, 3.63) is 66.2 Å². The quantitative estimate of drug-likeness (QED) is 0.582. The summed E-state index contributed by atoms with van der Waals surface area (Å²) in [6, 6.07) is 20.5. The van der Waals surface area contributed by atoms with E-state index in [1.807, 2.05) is 48.5 Å². The predicted molar refractivity (Wildman–Crippen MR) is 78.1 cm³/mol. The highest BCUT2D eigenvalue weighted by atomic mass is 15.4. The molecular formula is C16H18N2. The second kappa shape index (κ2) is 6.01. The van der Waals surface area contributed by atoms with Gasteiger partial charge in [0.05, 0.1) is 11.4 Å². The molecule has 0 saturated carbocycles. The van der Waals surface area contributed by atoms with Crippen LogP contribution in [0.5, 0.6) is 0 Å². The van der Waals surface area contributed by atoms with E-state index < -0.39 is 0 Å². The second-order valence-corrected chi connectivity index (χ2v) is 4.13. The van der Waals surface area contributed by atoms with Gasteiger partial charge in [-0.15, -0.1) is 0 Å². The van der Waals surface area contributed by atoms with E-state index in [1.54, 1.807) is 0 Å². The minimum absolute atomic E-state index is 0.918. The van der Waals surface area contributed by atoms with Crippen LogP contribution in [-0.2, 0) is 0 Å². The van der Waals surface area contributed by atoms with Crippen molar-refractivity contribution in [1.29, 1.82) is 0 Å². The van der Waals surface area contributed by atoms with E-state index in [0.29, 0.717) is 0 Å². The summed E-state index contributed by atoms with van der Waals surface area (Å²) >= 11 is 0. The summed E-state index contributed by atoms with van der Waals surface area (Å²) in [5, 5.41) is 6.61. The summed E-state index contributed by atoms with van der Waals surface area (Å²) in [7, 11) is 1.98. The van der Waals surface area contributed by atoms with Crippen LogP contribution in [-0.4, -0.2) is 12.8 Å². The molecule has 0 amide bonds. The van der Waals surface area contributed by atoms with Crippen LogP contribution in [0.1, 0.15) is 18.9 Å². The molecule has 18 heavy (non-hydrogen) atoms. The monoisotopic (exact) mass is 238 g/mol. The molecule has 0 radical (unpaired) electrons. The highest BCUT2D eigenvalue weighted by molar-refractivity contribution is 6.00. The molecule has 0 N–H and O–H groups in total. The maximum atomic E-state index is 4.69. The third-order valence-corrected chi connectivity index (χ3v) is 2.84. The molecule has 0 fully saturated rings. The van der Waals surface area contributed by atoms with Crippen LogP contribution in [0.15, 0.2) is 65.8 Å². The molecule has 0 spiro atoms. The average molecular weight is 238 g/mol. The van der Waals surface area contributed by atoms with Crippen molar-refractivity contribution >= 4 is 11.4 Å². The molecule has 0 aliphatic heterocycles. The minimum Gasteiger partial charge on any atom is -0.268 e. The largest absolute Gasteiger partial charge is 0.268 e. The normalized spacial score (nSPS) is 11.3. The van der Waals surface area contributed by atoms with E-state index in [9.17, 15) is 0 Å². The fourth-order valence-electron chi connectivity index (χ4n) is 1.85. The Morgan fingerprint density at radius 3 is 2.06 bits per heavy atom. The molecule has 0 atom stereocenters. The third-order valence-electron chi connectivity index (χ3n) is 2.84. The lowest BCUT2D eigenvalue weighted by atomic mass is 10.1. The van der Waals surface area contributed by atoms with E-state index in [-0.39, 0.29) is 0 Å².